The van der Waals surface area contributed by atoms with Crippen molar-refractivity contribution < 1.29 is 19.1 Å². The summed E-state index contributed by atoms with van der Waals surface area (Å²) in [4.78, 5) is 31.1. The average Bonchev–Trinajstić information content (AvgIpc) is 2.86. The Balaban J connectivity index is 1.41. The van der Waals surface area contributed by atoms with Gasteiger partial charge >= 0.3 is 0 Å². The van der Waals surface area contributed by atoms with Crippen molar-refractivity contribution in [3.8, 4) is 0 Å². The maximum absolute atomic E-state index is 13.5. The molecular formula is C26H47N5O4. The summed E-state index contributed by atoms with van der Waals surface area (Å²) in [6.07, 6.45) is 8.77. The zero-order chi connectivity index (χ0) is 24.9. The minimum atomic E-state index is -0.421. The molecule has 9 nitrogen and oxygen atoms in total. The lowest BCUT2D eigenvalue weighted by molar-refractivity contribution is -0.162. The normalized spacial score (nSPS) is 36.1. The molecular weight excluding hydrogens is 446 g/mol. The molecule has 0 spiro atoms. The molecule has 4 rings (SSSR count). The summed E-state index contributed by atoms with van der Waals surface area (Å²) >= 11 is 0. The third kappa shape index (κ3) is 6.36. The van der Waals surface area contributed by atoms with Gasteiger partial charge in [-0.05, 0) is 77.6 Å². The highest BCUT2D eigenvalue weighted by Crippen LogP contribution is 2.36. The van der Waals surface area contributed by atoms with E-state index in [9.17, 15) is 9.59 Å². The van der Waals surface area contributed by atoms with Crippen LogP contribution >= 0.6 is 0 Å². The van der Waals surface area contributed by atoms with Crippen molar-refractivity contribution in [2.75, 3.05) is 33.4 Å². The third-order valence-electron chi connectivity index (χ3n) is 8.55. The summed E-state index contributed by atoms with van der Waals surface area (Å²) in [6.45, 7) is 6.88. The fourth-order valence-corrected chi connectivity index (χ4v) is 6.48. The monoisotopic (exact) mass is 493 g/mol. The molecule has 9 heteroatoms. The molecule has 4 aliphatic rings. The fourth-order valence-electron chi connectivity index (χ4n) is 6.48. The molecule has 3 saturated heterocycles. The summed E-state index contributed by atoms with van der Waals surface area (Å²) in [5, 5.41) is 6.94. The smallest absolute Gasteiger partial charge is 0.229 e. The second-order valence-corrected chi connectivity index (χ2v) is 11.2. The molecule has 200 valence electrons. The number of hydrogen-bond donors (Lipinski definition) is 3. The first-order valence-electron chi connectivity index (χ1n) is 13.9. The summed E-state index contributed by atoms with van der Waals surface area (Å²) in [5.41, 5.74) is 6.77. The standard InChI is InChI=1S/C26H47N5O4/c1-17(2)35-14-6-13-31-23(27)20(25(32)28-16-18-8-10-19(34-3)11-9-18)15-21-24(31)29-22-7-4-5-12-30(22)26(21)33/h17-24,29H,4-16,27H2,1-3H3,(H,28,32). The lowest BCUT2D eigenvalue weighted by Crippen LogP contribution is -2.74. The molecule has 3 aliphatic heterocycles. The lowest BCUT2D eigenvalue weighted by atomic mass is 9.80. The second kappa shape index (κ2) is 12.3. The number of nitrogens with two attached hydrogens (primary N) is 1. The number of piperidine rings is 2. The van der Waals surface area contributed by atoms with Gasteiger partial charge in [0.2, 0.25) is 11.8 Å². The highest BCUT2D eigenvalue weighted by atomic mass is 16.5. The molecule has 1 aliphatic carbocycles. The number of carbonyl (C=O) groups excluding carboxylic acids is 2. The van der Waals surface area contributed by atoms with Crippen LogP contribution in [0.15, 0.2) is 0 Å². The molecule has 3 heterocycles. The highest BCUT2D eigenvalue weighted by molar-refractivity contribution is 5.84. The molecule has 4 N–H and O–H groups in total. The molecule has 0 bridgehead atoms. The van der Waals surface area contributed by atoms with Crippen molar-refractivity contribution in [2.45, 2.75) is 102 Å². The van der Waals surface area contributed by atoms with Crippen LogP contribution in [0, 0.1) is 17.8 Å². The van der Waals surface area contributed by atoms with E-state index in [1.54, 1.807) is 7.11 Å². The topological polar surface area (TPSA) is 109 Å². The molecule has 1 saturated carbocycles. The maximum atomic E-state index is 13.5. The molecule has 0 aromatic heterocycles. The van der Waals surface area contributed by atoms with Crippen LogP contribution in [-0.2, 0) is 19.1 Å². The van der Waals surface area contributed by atoms with E-state index in [1.807, 2.05) is 18.7 Å². The van der Waals surface area contributed by atoms with Crippen LogP contribution in [0.25, 0.3) is 0 Å². The first-order valence-corrected chi connectivity index (χ1v) is 13.9. The van der Waals surface area contributed by atoms with Crippen molar-refractivity contribution in [3.63, 3.8) is 0 Å². The number of methoxy groups -OCH3 is 1. The van der Waals surface area contributed by atoms with Gasteiger partial charge in [0.15, 0.2) is 0 Å². The zero-order valence-corrected chi connectivity index (χ0v) is 21.9. The number of ether oxygens (including phenoxy) is 2. The number of likely N-dealkylation sites (tertiary alicyclic amines) is 1. The number of amides is 2. The van der Waals surface area contributed by atoms with Crippen LogP contribution in [0.1, 0.15) is 71.6 Å². The maximum Gasteiger partial charge on any atom is 0.229 e. The van der Waals surface area contributed by atoms with Crippen molar-refractivity contribution >= 4 is 11.8 Å². The Kier molecular flexibility index (Phi) is 9.43. The second-order valence-electron chi connectivity index (χ2n) is 11.2. The molecule has 35 heavy (non-hydrogen) atoms. The minimum absolute atomic E-state index is 0.0122. The Bertz CT molecular complexity index is 714. The first-order chi connectivity index (χ1) is 16.9. The zero-order valence-electron chi connectivity index (χ0n) is 21.9. The van der Waals surface area contributed by atoms with Gasteiger partial charge in [-0.25, -0.2) is 0 Å². The average molecular weight is 494 g/mol. The number of rotatable bonds is 9. The van der Waals surface area contributed by atoms with E-state index in [0.29, 0.717) is 38.1 Å². The van der Waals surface area contributed by atoms with E-state index in [-0.39, 0.29) is 36.2 Å². The van der Waals surface area contributed by atoms with Crippen LogP contribution < -0.4 is 16.4 Å². The number of hydrogen-bond acceptors (Lipinski definition) is 7. The van der Waals surface area contributed by atoms with Gasteiger partial charge in [0.25, 0.3) is 0 Å². The van der Waals surface area contributed by atoms with Gasteiger partial charge in [-0.3, -0.25) is 19.8 Å². The van der Waals surface area contributed by atoms with Crippen molar-refractivity contribution in [1.29, 1.82) is 0 Å². The van der Waals surface area contributed by atoms with E-state index in [4.69, 9.17) is 15.2 Å². The SMILES string of the molecule is COC1CCC(CNC(=O)C2CC3C(=O)N4CCCCC4NC3N(CCCOC(C)C)C2N)CC1. The van der Waals surface area contributed by atoms with Crippen LogP contribution in [0.5, 0.6) is 0 Å². The number of carbonyl (C=O) groups is 2. The molecule has 0 aromatic rings. The molecule has 0 radical (unpaired) electrons. The van der Waals surface area contributed by atoms with E-state index in [1.165, 1.54) is 0 Å². The summed E-state index contributed by atoms with van der Waals surface area (Å²) < 4.78 is 11.2. The Morgan fingerprint density at radius 3 is 2.69 bits per heavy atom. The molecule has 5 unspecified atom stereocenters. The Morgan fingerprint density at radius 2 is 1.97 bits per heavy atom. The predicted molar refractivity (Wildman–Crippen MR) is 134 cm³/mol. The Hall–Kier alpha value is -1.26. The Labute approximate surface area is 210 Å². The molecule has 2 amide bonds. The van der Waals surface area contributed by atoms with Gasteiger partial charge in [0.05, 0.1) is 42.5 Å². The van der Waals surface area contributed by atoms with Crippen LogP contribution in [0.3, 0.4) is 0 Å². The number of fused-ring (bicyclic) bond motifs is 2. The lowest BCUT2D eigenvalue weighted by Gasteiger charge is -2.55. The minimum Gasteiger partial charge on any atom is -0.381 e. The molecule has 4 fully saturated rings. The van der Waals surface area contributed by atoms with Gasteiger partial charge in [-0.1, -0.05) is 0 Å². The highest BCUT2D eigenvalue weighted by Gasteiger charge is 2.52. The molecule has 5 atom stereocenters. The van der Waals surface area contributed by atoms with Crippen LogP contribution in [-0.4, -0.2) is 85.7 Å². The van der Waals surface area contributed by atoms with E-state index in [2.05, 4.69) is 15.5 Å². The van der Waals surface area contributed by atoms with E-state index < -0.39 is 12.1 Å². The van der Waals surface area contributed by atoms with Gasteiger partial charge in [0.1, 0.15) is 0 Å². The summed E-state index contributed by atoms with van der Waals surface area (Å²) in [6, 6.07) is 0. The number of nitrogens with zero attached hydrogens (tertiary/aromatic N) is 2. The predicted octanol–water partition coefficient (Wildman–Crippen LogP) is 1.61. The van der Waals surface area contributed by atoms with Crippen molar-refractivity contribution in [2.24, 2.45) is 23.5 Å². The fraction of sp³-hybridized carbons (Fsp3) is 0.923. The van der Waals surface area contributed by atoms with Gasteiger partial charge in [-0.2, -0.15) is 0 Å². The largest absolute Gasteiger partial charge is 0.381 e. The van der Waals surface area contributed by atoms with Crippen LogP contribution in [0.2, 0.25) is 0 Å². The Morgan fingerprint density at radius 1 is 1.20 bits per heavy atom. The van der Waals surface area contributed by atoms with E-state index >= 15 is 0 Å². The quantitative estimate of drug-likeness (QED) is 0.419. The number of nitrogens with one attached hydrogen (secondary N) is 2. The summed E-state index contributed by atoms with van der Waals surface area (Å²) in [7, 11) is 1.78. The van der Waals surface area contributed by atoms with Gasteiger partial charge in [-0.15, -0.1) is 0 Å². The van der Waals surface area contributed by atoms with Crippen molar-refractivity contribution in [1.82, 2.24) is 20.4 Å². The van der Waals surface area contributed by atoms with Gasteiger partial charge < -0.3 is 25.4 Å². The van der Waals surface area contributed by atoms with Gasteiger partial charge in [0, 0.05) is 33.4 Å². The van der Waals surface area contributed by atoms with Crippen LogP contribution in [0.4, 0.5) is 0 Å². The van der Waals surface area contributed by atoms with E-state index in [0.717, 1.165) is 57.9 Å². The van der Waals surface area contributed by atoms with Crippen molar-refractivity contribution in [3.05, 3.63) is 0 Å². The summed E-state index contributed by atoms with van der Waals surface area (Å²) in [5.74, 6) is 0.00768. The molecule has 0 aromatic carbocycles. The third-order valence-corrected chi connectivity index (χ3v) is 8.55. The first kappa shape index (κ1) is 26.8.